The number of rotatable bonds is 4. The summed E-state index contributed by atoms with van der Waals surface area (Å²) in [5.74, 6) is 0.291. The van der Waals surface area contributed by atoms with Crippen LogP contribution in [0.2, 0.25) is 0 Å². The Labute approximate surface area is 131 Å². The molecule has 0 fully saturated rings. The molecule has 0 aliphatic heterocycles. The molecule has 21 heavy (non-hydrogen) atoms. The van der Waals surface area contributed by atoms with Crippen LogP contribution in [0, 0.1) is 11.3 Å². The number of nitriles is 1. The molecule has 0 N–H and O–H groups in total. The molecule has 1 aliphatic carbocycles. The number of allylic oxidation sites excluding steroid dienone is 1. The van der Waals surface area contributed by atoms with E-state index in [1.165, 1.54) is 22.2 Å². The van der Waals surface area contributed by atoms with Crippen molar-refractivity contribution in [3.05, 3.63) is 32.9 Å². The monoisotopic (exact) mass is 317 g/mol. The summed E-state index contributed by atoms with van der Waals surface area (Å²) in [6.45, 7) is 6.25. The molecule has 0 unspecified atom stereocenters. The molecule has 0 bridgehead atoms. The first-order valence-corrected chi connectivity index (χ1v) is 8.61. The van der Waals surface area contributed by atoms with E-state index in [9.17, 15) is 4.79 Å². The number of fused-ring (bicyclic) bond motifs is 3. The molecule has 0 amide bonds. The van der Waals surface area contributed by atoms with E-state index in [2.05, 4.69) is 17.6 Å². The Morgan fingerprint density at radius 2 is 2.38 bits per heavy atom. The maximum atomic E-state index is 12.9. The zero-order chi connectivity index (χ0) is 15.0. The van der Waals surface area contributed by atoms with Crippen LogP contribution in [0.4, 0.5) is 0 Å². The van der Waals surface area contributed by atoms with Gasteiger partial charge in [0.1, 0.15) is 4.83 Å². The third-order valence-electron chi connectivity index (χ3n) is 3.48. The van der Waals surface area contributed by atoms with Crippen LogP contribution in [-0.2, 0) is 19.4 Å². The van der Waals surface area contributed by atoms with E-state index in [1.54, 1.807) is 15.9 Å². The number of aryl methyl sites for hydroxylation is 2. The van der Waals surface area contributed by atoms with Crippen LogP contribution in [0.25, 0.3) is 10.2 Å². The highest BCUT2D eigenvalue weighted by Gasteiger charge is 2.23. The van der Waals surface area contributed by atoms with Gasteiger partial charge in [0, 0.05) is 11.4 Å². The van der Waals surface area contributed by atoms with Gasteiger partial charge in [0.05, 0.1) is 17.2 Å². The summed E-state index contributed by atoms with van der Waals surface area (Å²) < 4.78 is 1.66. The topological polar surface area (TPSA) is 58.7 Å². The molecule has 0 radical (unpaired) electrons. The van der Waals surface area contributed by atoms with Crippen molar-refractivity contribution in [2.24, 2.45) is 0 Å². The van der Waals surface area contributed by atoms with Gasteiger partial charge in [-0.15, -0.1) is 11.3 Å². The van der Waals surface area contributed by atoms with Gasteiger partial charge in [0.15, 0.2) is 5.16 Å². The maximum absolute atomic E-state index is 12.9. The quantitative estimate of drug-likeness (QED) is 0.494. The van der Waals surface area contributed by atoms with Gasteiger partial charge < -0.3 is 0 Å². The second-order valence-corrected chi connectivity index (χ2v) is 7.25. The first kappa shape index (κ1) is 14.4. The Balaban J connectivity index is 2.23. The molecular formula is C15H15N3OS2. The zero-order valence-electron chi connectivity index (χ0n) is 11.8. The second kappa shape index (κ2) is 5.66. The fourth-order valence-corrected chi connectivity index (χ4v) is 4.64. The number of thiophene rings is 1. The van der Waals surface area contributed by atoms with Crippen LogP contribution in [0.3, 0.4) is 0 Å². The van der Waals surface area contributed by atoms with Crippen molar-refractivity contribution in [1.29, 1.82) is 5.26 Å². The van der Waals surface area contributed by atoms with E-state index in [1.807, 2.05) is 6.92 Å². The van der Waals surface area contributed by atoms with E-state index in [0.29, 0.717) is 17.5 Å². The summed E-state index contributed by atoms with van der Waals surface area (Å²) in [7, 11) is 0. The Morgan fingerprint density at radius 3 is 3.10 bits per heavy atom. The van der Waals surface area contributed by atoms with E-state index in [4.69, 9.17) is 5.26 Å². The number of hydrogen-bond acceptors (Lipinski definition) is 5. The highest BCUT2D eigenvalue weighted by atomic mass is 32.2. The fraction of sp³-hybridized carbons (Fsp3) is 0.400. The fourth-order valence-electron chi connectivity index (χ4n) is 2.67. The number of nitrogens with zero attached hydrogens (tertiary/aromatic N) is 3. The molecule has 0 aromatic carbocycles. The number of aromatic nitrogens is 2. The molecule has 3 rings (SSSR count). The lowest BCUT2D eigenvalue weighted by atomic mass is 10.2. The first-order chi connectivity index (χ1) is 10.1. The van der Waals surface area contributed by atoms with Crippen molar-refractivity contribution in [3.8, 4) is 6.07 Å². The van der Waals surface area contributed by atoms with Gasteiger partial charge in [0.2, 0.25) is 0 Å². The van der Waals surface area contributed by atoms with Gasteiger partial charge in [-0.3, -0.25) is 9.36 Å². The van der Waals surface area contributed by atoms with Crippen molar-refractivity contribution in [1.82, 2.24) is 9.55 Å². The lowest BCUT2D eigenvalue weighted by Crippen LogP contribution is -2.24. The normalized spacial score (nSPS) is 13.3. The summed E-state index contributed by atoms with van der Waals surface area (Å²) in [6, 6.07) is 2.09. The molecule has 4 nitrogen and oxygen atoms in total. The third kappa shape index (κ3) is 2.52. The molecule has 1 aliphatic rings. The molecule has 2 heterocycles. The minimum Gasteiger partial charge on any atom is -0.283 e. The molecule has 6 heteroatoms. The summed E-state index contributed by atoms with van der Waals surface area (Å²) in [4.78, 5) is 19.6. The van der Waals surface area contributed by atoms with Crippen LogP contribution < -0.4 is 5.56 Å². The lowest BCUT2D eigenvalue weighted by molar-refractivity contribution is 0.652. The Bertz CT molecular complexity index is 826. The number of hydrogen-bond donors (Lipinski definition) is 0. The van der Waals surface area contributed by atoms with E-state index in [-0.39, 0.29) is 5.56 Å². The van der Waals surface area contributed by atoms with Gasteiger partial charge in [0.25, 0.3) is 5.56 Å². The minimum absolute atomic E-state index is 0.0165. The number of thioether (sulfide) groups is 1. The Morgan fingerprint density at radius 1 is 1.57 bits per heavy atom. The van der Waals surface area contributed by atoms with Gasteiger partial charge in [-0.2, -0.15) is 5.26 Å². The van der Waals surface area contributed by atoms with Crippen LogP contribution in [0.15, 0.2) is 22.1 Å². The Hall–Kier alpha value is -1.58. The van der Waals surface area contributed by atoms with Crippen molar-refractivity contribution in [2.45, 2.75) is 37.9 Å². The van der Waals surface area contributed by atoms with Gasteiger partial charge in [-0.05, 0) is 31.7 Å². The van der Waals surface area contributed by atoms with Crippen LogP contribution in [0.1, 0.15) is 23.8 Å². The largest absolute Gasteiger partial charge is 0.283 e. The molecule has 0 saturated heterocycles. The molecule has 108 valence electrons. The first-order valence-electron chi connectivity index (χ1n) is 6.81. The van der Waals surface area contributed by atoms with Crippen LogP contribution >= 0.6 is 23.1 Å². The summed E-state index contributed by atoms with van der Waals surface area (Å²) >= 11 is 2.95. The predicted molar refractivity (Wildman–Crippen MR) is 87.1 cm³/mol. The van der Waals surface area contributed by atoms with Gasteiger partial charge in [-0.25, -0.2) is 4.98 Å². The zero-order valence-corrected chi connectivity index (χ0v) is 13.4. The molecular weight excluding hydrogens is 302 g/mol. The van der Waals surface area contributed by atoms with Crippen molar-refractivity contribution >= 4 is 33.3 Å². The SMILES string of the molecule is C=C(C)Cn1c(SCC#N)nc2sc3c(c2c1=O)CCC3. The smallest absolute Gasteiger partial charge is 0.263 e. The van der Waals surface area contributed by atoms with E-state index >= 15 is 0 Å². The molecule has 2 aromatic rings. The lowest BCUT2D eigenvalue weighted by Gasteiger charge is -2.11. The second-order valence-electron chi connectivity index (χ2n) is 5.23. The standard InChI is InChI=1S/C15H15N3OS2/c1-9(2)8-18-14(19)12-10-4-3-5-11(10)21-13(12)17-15(18)20-7-6-16/h1,3-5,7-8H2,2H3. The molecule has 0 spiro atoms. The van der Waals surface area contributed by atoms with Crippen LogP contribution in [-0.4, -0.2) is 15.3 Å². The Kier molecular flexibility index (Phi) is 3.87. The highest BCUT2D eigenvalue weighted by molar-refractivity contribution is 7.99. The minimum atomic E-state index is 0.0165. The van der Waals surface area contributed by atoms with Crippen LogP contribution in [0.5, 0.6) is 0 Å². The average molecular weight is 317 g/mol. The molecule has 2 aromatic heterocycles. The average Bonchev–Trinajstić information content (AvgIpc) is 2.99. The maximum Gasteiger partial charge on any atom is 0.263 e. The third-order valence-corrected chi connectivity index (χ3v) is 5.51. The summed E-state index contributed by atoms with van der Waals surface area (Å²) in [5.41, 5.74) is 2.12. The predicted octanol–water partition coefficient (Wildman–Crippen LogP) is 3.14. The van der Waals surface area contributed by atoms with E-state index < -0.39 is 0 Å². The molecule has 0 atom stereocenters. The van der Waals surface area contributed by atoms with Gasteiger partial charge in [-0.1, -0.05) is 23.9 Å². The molecule has 0 saturated carbocycles. The van der Waals surface area contributed by atoms with Crippen molar-refractivity contribution in [3.63, 3.8) is 0 Å². The van der Waals surface area contributed by atoms with Crippen molar-refractivity contribution < 1.29 is 0 Å². The van der Waals surface area contributed by atoms with E-state index in [0.717, 1.165) is 35.1 Å². The van der Waals surface area contributed by atoms with Gasteiger partial charge >= 0.3 is 0 Å². The summed E-state index contributed by atoms with van der Waals surface area (Å²) in [6.07, 6.45) is 3.16. The van der Waals surface area contributed by atoms with Crippen molar-refractivity contribution in [2.75, 3.05) is 5.75 Å². The highest BCUT2D eigenvalue weighted by Crippen LogP contribution is 2.35. The summed E-state index contributed by atoms with van der Waals surface area (Å²) in [5, 5.41) is 10.2.